The first-order chi connectivity index (χ1) is 23.6. The number of carbonyl (C=O) groups excluding carboxylic acids is 1. The van der Waals surface area contributed by atoms with E-state index in [4.69, 9.17) is 0 Å². The zero-order valence-corrected chi connectivity index (χ0v) is 29.3. The summed E-state index contributed by atoms with van der Waals surface area (Å²) in [6, 6.07) is 0.784. The lowest BCUT2D eigenvalue weighted by atomic mass is 9.87. The average molecular weight is 726 g/mol. The molecule has 0 radical (unpaired) electrons. The molecule has 1 fully saturated rings. The minimum Gasteiger partial charge on any atom is -0.481 e. The number of carboxylic acids is 1. The van der Waals surface area contributed by atoms with Gasteiger partial charge in [-0.05, 0) is 87.4 Å². The minimum atomic E-state index is -4.88. The molecule has 2 heterocycles. The van der Waals surface area contributed by atoms with Crippen molar-refractivity contribution in [1.82, 2.24) is 14.8 Å². The van der Waals surface area contributed by atoms with E-state index in [1.54, 1.807) is 46.8 Å². The summed E-state index contributed by atoms with van der Waals surface area (Å²) in [5.41, 5.74) is -3.49. The number of hydrogen-bond donors (Lipinski definition) is 2. The van der Waals surface area contributed by atoms with Crippen molar-refractivity contribution in [3.63, 3.8) is 0 Å². The van der Waals surface area contributed by atoms with Crippen LogP contribution in [-0.2, 0) is 28.1 Å². The highest BCUT2D eigenvalue weighted by Crippen LogP contribution is 2.42. The third-order valence-electron chi connectivity index (χ3n) is 9.15. The summed E-state index contributed by atoms with van der Waals surface area (Å²) >= 11 is 0. The molecule has 0 saturated carbocycles. The number of carboxylic acid groups (broad SMARTS) is 1. The second-order valence-corrected chi connectivity index (χ2v) is 13.9. The summed E-state index contributed by atoms with van der Waals surface area (Å²) < 4.78 is 105. The van der Waals surface area contributed by atoms with Crippen LogP contribution in [0.4, 0.5) is 30.7 Å². The van der Waals surface area contributed by atoms with Gasteiger partial charge in [0, 0.05) is 36.9 Å². The van der Waals surface area contributed by atoms with Gasteiger partial charge in [-0.15, -0.1) is 0 Å². The first-order valence-electron chi connectivity index (χ1n) is 16.6. The summed E-state index contributed by atoms with van der Waals surface area (Å²) in [7, 11) is 0. The lowest BCUT2D eigenvalue weighted by molar-refractivity contribution is -0.139. The van der Waals surface area contributed by atoms with Crippen LogP contribution in [0.2, 0.25) is 0 Å². The van der Waals surface area contributed by atoms with Crippen molar-refractivity contribution in [2.24, 2.45) is 5.92 Å². The number of carbonyl (C=O) groups is 2. The Morgan fingerprint density at radius 1 is 0.941 bits per heavy atom. The molecular formula is C37H42F7N3O4. The van der Waals surface area contributed by atoms with Crippen molar-refractivity contribution in [2.75, 3.05) is 19.6 Å². The molecule has 3 aromatic rings. The molecule has 0 unspecified atom stereocenters. The third kappa shape index (κ3) is 9.00. The molecule has 7 nitrogen and oxygen atoms in total. The minimum absolute atomic E-state index is 0.0954. The normalized spacial score (nSPS) is 15.1. The Hall–Kier alpha value is -4.20. The molecule has 1 aromatic heterocycles. The Bertz CT molecular complexity index is 1840. The maximum absolute atomic E-state index is 16.6. The molecule has 1 amide bonds. The number of amides is 1. The highest BCUT2D eigenvalue weighted by Gasteiger charge is 2.39. The van der Waals surface area contributed by atoms with Crippen molar-refractivity contribution in [3.05, 3.63) is 91.4 Å². The van der Waals surface area contributed by atoms with Crippen molar-refractivity contribution in [3.8, 4) is 11.1 Å². The van der Waals surface area contributed by atoms with Gasteiger partial charge in [0.15, 0.2) is 0 Å². The maximum Gasteiger partial charge on any atom is 0.416 e. The average Bonchev–Trinajstić information content (AvgIpc) is 2.94. The van der Waals surface area contributed by atoms with Crippen molar-refractivity contribution >= 4 is 11.9 Å². The molecule has 14 heteroatoms. The summed E-state index contributed by atoms with van der Waals surface area (Å²) in [5.74, 6) is -10.1. The lowest BCUT2D eigenvalue weighted by Crippen LogP contribution is -2.41. The number of pyridine rings is 1. The molecule has 4 rings (SSSR count). The highest BCUT2D eigenvalue weighted by atomic mass is 19.4. The van der Waals surface area contributed by atoms with Crippen LogP contribution in [0.3, 0.4) is 0 Å². The number of nitrogens with one attached hydrogen (secondary N) is 1. The molecular weight excluding hydrogens is 683 g/mol. The van der Waals surface area contributed by atoms with E-state index in [2.05, 4.69) is 5.32 Å². The fourth-order valence-electron chi connectivity index (χ4n) is 6.71. The number of aliphatic carboxylic acids is 1. The van der Waals surface area contributed by atoms with E-state index in [1.807, 2.05) is 4.90 Å². The van der Waals surface area contributed by atoms with Gasteiger partial charge in [-0.3, -0.25) is 14.4 Å². The van der Waals surface area contributed by atoms with E-state index in [1.165, 1.54) is 0 Å². The lowest BCUT2D eigenvalue weighted by Gasteiger charge is -2.31. The van der Waals surface area contributed by atoms with Crippen LogP contribution < -0.4 is 10.9 Å². The van der Waals surface area contributed by atoms with Crippen molar-refractivity contribution in [2.45, 2.75) is 91.4 Å². The third-order valence-corrected chi connectivity index (χ3v) is 9.15. The second-order valence-electron chi connectivity index (χ2n) is 13.9. The molecule has 1 aliphatic rings. The molecule has 1 saturated heterocycles. The van der Waals surface area contributed by atoms with Gasteiger partial charge in [0.1, 0.15) is 17.7 Å². The fourth-order valence-corrected chi connectivity index (χ4v) is 6.71. The van der Waals surface area contributed by atoms with Crippen molar-refractivity contribution in [1.29, 1.82) is 0 Å². The molecule has 0 aliphatic carbocycles. The molecule has 2 N–H and O–H groups in total. The molecule has 2 atom stereocenters. The van der Waals surface area contributed by atoms with Gasteiger partial charge >= 0.3 is 12.1 Å². The molecule has 0 spiro atoms. The van der Waals surface area contributed by atoms with Crippen LogP contribution in [0, 0.1) is 38.3 Å². The van der Waals surface area contributed by atoms with Crippen molar-refractivity contribution < 1.29 is 45.4 Å². The summed E-state index contributed by atoms with van der Waals surface area (Å²) in [4.78, 5) is 41.3. The molecule has 278 valence electrons. The van der Waals surface area contributed by atoms with E-state index in [0.717, 1.165) is 22.7 Å². The number of likely N-dealkylation sites (tertiary alicyclic amines) is 1. The first-order valence-corrected chi connectivity index (χ1v) is 16.6. The largest absolute Gasteiger partial charge is 0.481 e. The highest BCUT2D eigenvalue weighted by molar-refractivity contribution is 5.82. The van der Waals surface area contributed by atoms with Gasteiger partial charge in [0.2, 0.25) is 5.91 Å². The van der Waals surface area contributed by atoms with E-state index >= 15 is 8.78 Å². The van der Waals surface area contributed by atoms with Gasteiger partial charge in [-0.25, -0.2) is 17.6 Å². The van der Waals surface area contributed by atoms with E-state index in [0.29, 0.717) is 43.3 Å². The molecule has 2 aromatic carbocycles. The summed E-state index contributed by atoms with van der Waals surface area (Å²) in [6.45, 7) is 10.4. The second kappa shape index (κ2) is 15.2. The SMILES string of the molecule is Cc1cc(C)c(-c2cc(C(C)(F)F)c(F)c([C@H](CC(=O)O)NC(=O)[C@H](CC(C)C)n3cc(CCN4CCC4)c(C(F)(F)F)cc3=O)c2F)c(C)c1. The Morgan fingerprint density at radius 3 is 2.04 bits per heavy atom. The number of aryl methyl sites for hydroxylation is 3. The standard InChI is InChI=1S/C37H42F7N3O4/c1-19(2)12-28(47-18-23(8-11-46-9-7-10-46)25(16-29(47)48)37(42,43)44)35(51)45-27(17-30(49)50)32-33(38)24(15-26(34(32)39)36(6,40)41)31-21(4)13-20(3)14-22(31)5/h13-16,18-19,27-28H,7-12,17H2,1-6H3,(H,45,51)(H,49,50)/t27-,28-/m0/s1. The Kier molecular flexibility index (Phi) is 11.8. The molecule has 1 aliphatic heterocycles. The molecule has 51 heavy (non-hydrogen) atoms. The van der Waals surface area contributed by atoms with E-state index in [-0.39, 0.29) is 36.4 Å². The van der Waals surface area contributed by atoms with Crippen LogP contribution in [-0.4, -0.2) is 46.1 Å². The van der Waals surface area contributed by atoms with Crippen LogP contribution in [0.5, 0.6) is 0 Å². The predicted molar refractivity (Wildman–Crippen MR) is 178 cm³/mol. The zero-order chi connectivity index (χ0) is 38.2. The maximum atomic E-state index is 16.6. The molecule has 0 bridgehead atoms. The monoisotopic (exact) mass is 725 g/mol. The number of rotatable bonds is 13. The summed E-state index contributed by atoms with van der Waals surface area (Å²) in [6.07, 6.45) is -4.43. The summed E-state index contributed by atoms with van der Waals surface area (Å²) in [5, 5.41) is 12.1. The number of alkyl halides is 5. The Labute approximate surface area is 291 Å². The van der Waals surface area contributed by atoms with Gasteiger partial charge in [0.05, 0.1) is 23.6 Å². The van der Waals surface area contributed by atoms with Gasteiger partial charge in [0.25, 0.3) is 11.5 Å². The van der Waals surface area contributed by atoms with Gasteiger partial charge in [-0.1, -0.05) is 31.5 Å². The van der Waals surface area contributed by atoms with E-state index < -0.39 is 81.9 Å². The Morgan fingerprint density at radius 2 is 1.55 bits per heavy atom. The quantitative estimate of drug-likeness (QED) is 0.174. The van der Waals surface area contributed by atoms with Gasteiger partial charge in [-0.2, -0.15) is 13.2 Å². The number of hydrogen-bond acceptors (Lipinski definition) is 4. The first kappa shape index (κ1) is 39.6. The number of aromatic nitrogens is 1. The number of nitrogens with zero attached hydrogens (tertiary/aromatic N) is 2. The van der Waals surface area contributed by atoms with E-state index in [9.17, 15) is 41.4 Å². The number of halogens is 7. The van der Waals surface area contributed by atoms with Crippen LogP contribution in [0.15, 0.2) is 35.3 Å². The van der Waals surface area contributed by atoms with Crippen LogP contribution >= 0.6 is 0 Å². The smallest absolute Gasteiger partial charge is 0.416 e. The zero-order valence-electron chi connectivity index (χ0n) is 29.3. The number of benzene rings is 2. The van der Waals surface area contributed by atoms with Crippen LogP contribution in [0.1, 0.15) is 91.1 Å². The van der Waals surface area contributed by atoms with Gasteiger partial charge < -0.3 is 19.9 Å². The Balaban J connectivity index is 1.88. The predicted octanol–water partition coefficient (Wildman–Crippen LogP) is 8.02. The fraction of sp³-hybridized carbons (Fsp3) is 0.486. The topological polar surface area (TPSA) is 91.6 Å². The van der Waals surface area contributed by atoms with Crippen LogP contribution in [0.25, 0.3) is 11.1 Å².